The van der Waals surface area contributed by atoms with Gasteiger partial charge >= 0.3 is 0 Å². The minimum Gasteiger partial charge on any atom is -0.311 e. The van der Waals surface area contributed by atoms with Crippen LogP contribution in [0.2, 0.25) is 0 Å². The van der Waals surface area contributed by atoms with Crippen LogP contribution in [-0.4, -0.2) is 36.1 Å². The number of rotatable bonds is 4. The predicted molar refractivity (Wildman–Crippen MR) is 76.3 cm³/mol. The first-order valence-corrected chi connectivity index (χ1v) is 6.98. The molecule has 0 radical (unpaired) electrons. The Morgan fingerprint density at radius 2 is 2.12 bits per heavy atom. The first kappa shape index (κ1) is 14.7. The third-order valence-electron chi connectivity index (χ3n) is 4.12. The molecule has 1 saturated heterocycles. The summed E-state index contributed by atoms with van der Waals surface area (Å²) in [5, 5.41) is 3.72. The summed E-state index contributed by atoms with van der Waals surface area (Å²) in [5.41, 5.74) is 1.69. The average molecular weight is 238 g/mol. The van der Waals surface area contributed by atoms with Crippen LogP contribution in [0.5, 0.6) is 0 Å². The van der Waals surface area contributed by atoms with Crippen molar-refractivity contribution in [2.75, 3.05) is 19.6 Å². The van der Waals surface area contributed by atoms with E-state index >= 15 is 0 Å². The van der Waals surface area contributed by atoms with Crippen molar-refractivity contribution in [2.45, 2.75) is 59.5 Å². The van der Waals surface area contributed by atoms with Crippen LogP contribution in [0.25, 0.3) is 0 Å². The first-order valence-electron chi connectivity index (χ1n) is 6.98. The maximum Gasteiger partial charge on any atom is 0.0281 e. The molecule has 0 aromatic rings. The minimum absolute atomic E-state index is 0.274. The fourth-order valence-electron chi connectivity index (χ4n) is 2.32. The maximum absolute atomic E-state index is 3.72. The molecule has 0 amide bonds. The summed E-state index contributed by atoms with van der Waals surface area (Å²) in [6.45, 7) is 17.0. The monoisotopic (exact) mass is 238 g/mol. The molecular weight excluding hydrogens is 208 g/mol. The topological polar surface area (TPSA) is 15.3 Å². The third kappa shape index (κ3) is 4.11. The summed E-state index contributed by atoms with van der Waals surface area (Å²) in [6.07, 6.45) is 3.61. The lowest BCUT2D eigenvalue weighted by atomic mass is 9.91. The zero-order valence-corrected chi connectivity index (χ0v) is 12.5. The van der Waals surface area contributed by atoms with Crippen molar-refractivity contribution in [3.05, 3.63) is 11.6 Å². The molecular formula is C15H30N2. The summed E-state index contributed by atoms with van der Waals surface area (Å²) < 4.78 is 0. The van der Waals surface area contributed by atoms with Gasteiger partial charge in [0.2, 0.25) is 0 Å². The number of hydrogen-bond acceptors (Lipinski definition) is 2. The zero-order valence-electron chi connectivity index (χ0n) is 12.5. The van der Waals surface area contributed by atoms with Gasteiger partial charge in [-0.2, -0.15) is 0 Å². The molecule has 0 spiro atoms. The average Bonchev–Trinajstić information content (AvgIpc) is 2.26. The van der Waals surface area contributed by atoms with E-state index in [1.807, 2.05) is 0 Å². The Kier molecular flexibility index (Phi) is 5.21. The molecule has 1 aliphatic rings. The molecule has 1 N–H and O–H groups in total. The van der Waals surface area contributed by atoms with Crippen LogP contribution < -0.4 is 5.32 Å². The van der Waals surface area contributed by atoms with E-state index in [0.717, 1.165) is 19.0 Å². The fourth-order valence-corrected chi connectivity index (χ4v) is 2.32. The summed E-state index contributed by atoms with van der Waals surface area (Å²) >= 11 is 0. The lowest BCUT2D eigenvalue weighted by Gasteiger charge is -2.47. The van der Waals surface area contributed by atoms with Gasteiger partial charge in [0.1, 0.15) is 0 Å². The fraction of sp³-hybridized carbons (Fsp3) is 0.867. The molecule has 0 bridgehead atoms. The zero-order chi connectivity index (χ0) is 13.1. The van der Waals surface area contributed by atoms with Gasteiger partial charge in [-0.3, -0.25) is 4.90 Å². The van der Waals surface area contributed by atoms with Crippen molar-refractivity contribution >= 4 is 0 Å². The van der Waals surface area contributed by atoms with Crippen molar-refractivity contribution in [1.82, 2.24) is 10.2 Å². The number of nitrogens with zero attached hydrogens (tertiary/aromatic N) is 1. The van der Waals surface area contributed by atoms with Crippen molar-refractivity contribution < 1.29 is 0 Å². The SMILES string of the molecule is CCC(C)C1CN(CC=C(C)C)C(C)(C)CN1. The van der Waals surface area contributed by atoms with E-state index in [9.17, 15) is 0 Å². The Bertz CT molecular complexity index is 264. The van der Waals surface area contributed by atoms with Crippen molar-refractivity contribution in [3.63, 3.8) is 0 Å². The van der Waals surface area contributed by atoms with Crippen molar-refractivity contribution in [2.24, 2.45) is 5.92 Å². The largest absolute Gasteiger partial charge is 0.311 e. The molecule has 2 unspecified atom stereocenters. The van der Waals surface area contributed by atoms with E-state index in [-0.39, 0.29) is 5.54 Å². The second-order valence-electron chi connectivity index (χ2n) is 6.37. The highest BCUT2D eigenvalue weighted by Gasteiger charge is 2.34. The van der Waals surface area contributed by atoms with Gasteiger partial charge in [-0.25, -0.2) is 0 Å². The Hall–Kier alpha value is -0.340. The smallest absolute Gasteiger partial charge is 0.0281 e. The third-order valence-corrected chi connectivity index (χ3v) is 4.12. The molecule has 2 heteroatoms. The van der Waals surface area contributed by atoms with Crippen LogP contribution in [0.1, 0.15) is 48.0 Å². The van der Waals surface area contributed by atoms with E-state index in [0.29, 0.717) is 6.04 Å². The molecule has 2 nitrogen and oxygen atoms in total. The molecule has 0 aromatic carbocycles. The van der Waals surface area contributed by atoms with Gasteiger partial charge in [-0.05, 0) is 33.6 Å². The van der Waals surface area contributed by atoms with Crippen LogP contribution in [0.15, 0.2) is 11.6 Å². The Morgan fingerprint density at radius 3 is 2.65 bits per heavy atom. The standard InChI is InChI=1S/C15H30N2/c1-7-13(4)14-10-17(9-8-12(2)3)15(5,6)11-16-14/h8,13-14,16H,7,9-11H2,1-6H3. The molecule has 1 aliphatic heterocycles. The number of piperazine rings is 1. The normalized spacial score (nSPS) is 26.6. The van der Waals surface area contributed by atoms with Gasteiger partial charge in [0, 0.05) is 31.2 Å². The Balaban J connectivity index is 2.65. The molecule has 0 aromatic heterocycles. The molecule has 1 rings (SSSR count). The van der Waals surface area contributed by atoms with Crippen molar-refractivity contribution in [3.8, 4) is 0 Å². The molecule has 100 valence electrons. The number of hydrogen-bond donors (Lipinski definition) is 1. The lowest BCUT2D eigenvalue weighted by Crippen LogP contribution is -2.63. The first-order chi connectivity index (χ1) is 7.86. The van der Waals surface area contributed by atoms with Gasteiger partial charge in [0.05, 0.1) is 0 Å². The lowest BCUT2D eigenvalue weighted by molar-refractivity contribution is 0.0629. The van der Waals surface area contributed by atoms with Crippen LogP contribution >= 0.6 is 0 Å². The molecule has 1 heterocycles. The van der Waals surface area contributed by atoms with Gasteiger partial charge in [0.25, 0.3) is 0 Å². The van der Waals surface area contributed by atoms with Gasteiger partial charge in [-0.1, -0.05) is 31.9 Å². The molecule has 1 fully saturated rings. The van der Waals surface area contributed by atoms with Crippen LogP contribution in [0.3, 0.4) is 0 Å². The van der Waals surface area contributed by atoms with Crippen LogP contribution in [-0.2, 0) is 0 Å². The molecule has 0 saturated carbocycles. The number of nitrogens with one attached hydrogen (secondary N) is 1. The van der Waals surface area contributed by atoms with Gasteiger partial charge < -0.3 is 5.32 Å². The number of allylic oxidation sites excluding steroid dienone is 1. The summed E-state index contributed by atoms with van der Waals surface area (Å²) in [4.78, 5) is 2.62. The maximum atomic E-state index is 3.72. The molecule has 17 heavy (non-hydrogen) atoms. The highest BCUT2D eigenvalue weighted by molar-refractivity contribution is 5.01. The molecule has 0 aliphatic carbocycles. The Labute approximate surface area is 107 Å². The van der Waals surface area contributed by atoms with Crippen LogP contribution in [0, 0.1) is 5.92 Å². The van der Waals surface area contributed by atoms with E-state index in [2.05, 4.69) is 57.8 Å². The summed E-state index contributed by atoms with van der Waals surface area (Å²) in [5.74, 6) is 0.764. The van der Waals surface area contributed by atoms with E-state index in [1.165, 1.54) is 18.5 Å². The highest BCUT2D eigenvalue weighted by Crippen LogP contribution is 2.22. The van der Waals surface area contributed by atoms with E-state index in [1.54, 1.807) is 0 Å². The van der Waals surface area contributed by atoms with Crippen LogP contribution in [0.4, 0.5) is 0 Å². The highest BCUT2D eigenvalue weighted by atomic mass is 15.3. The van der Waals surface area contributed by atoms with E-state index < -0.39 is 0 Å². The minimum atomic E-state index is 0.274. The van der Waals surface area contributed by atoms with E-state index in [4.69, 9.17) is 0 Å². The van der Waals surface area contributed by atoms with Crippen molar-refractivity contribution in [1.29, 1.82) is 0 Å². The second-order valence-corrected chi connectivity index (χ2v) is 6.37. The summed E-state index contributed by atoms with van der Waals surface area (Å²) in [7, 11) is 0. The molecule has 2 atom stereocenters. The second kappa shape index (κ2) is 6.01. The predicted octanol–water partition coefficient (Wildman–Crippen LogP) is 3.05. The summed E-state index contributed by atoms with van der Waals surface area (Å²) in [6, 6.07) is 0.651. The van der Waals surface area contributed by atoms with Gasteiger partial charge in [0.15, 0.2) is 0 Å². The van der Waals surface area contributed by atoms with Gasteiger partial charge in [-0.15, -0.1) is 0 Å². The quantitative estimate of drug-likeness (QED) is 0.757. The Morgan fingerprint density at radius 1 is 1.47 bits per heavy atom.